The van der Waals surface area contributed by atoms with E-state index in [2.05, 4.69) is 31.5 Å². The molecule has 3 rings (SSSR count). The molecule has 1 aliphatic rings. The number of halogens is 1. The lowest BCUT2D eigenvalue weighted by atomic mass is 9.76. The van der Waals surface area contributed by atoms with E-state index in [4.69, 9.17) is 0 Å². The van der Waals surface area contributed by atoms with Crippen LogP contribution in [0, 0.1) is 0 Å². The summed E-state index contributed by atoms with van der Waals surface area (Å²) >= 11 is 3.36. The highest BCUT2D eigenvalue weighted by Gasteiger charge is 2.49. The molecule has 98 valence electrons. The van der Waals surface area contributed by atoms with Crippen LogP contribution in [-0.2, 0) is 10.3 Å². The third-order valence-electron chi connectivity index (χ3n) is 3.56. The van der Waals surface area contributed by atoms with E-state index in [1.807, 2.05) is 24.3 Å². The monoisotopic (exact) mass is 322 g/mol. The maximum Gasteiger partial charge on any atom is 0.331 e. The molecule has 0 saturated heterocycles. The lowest BCUT2D eigenvalue weighted by Crippen LogP contribution is -2.48. The molecule has 0 aliphatic heterocycles. The van der Waals surface area contributed by atoms with Crippen LogP contribution in [-0.4, -0.2) is 31.3 Å². The summed E-state index contributed by atoms with van der Waals surface area (Å²) in [4.78, 5) is 11.5. The summed E-state index contributed by atoms with van der Waals surface area (Å²) in [6.45, 7) is 0. The fourth-order valence-corrected chi connectivity index (χ4v) is 2.55. The van der Waals surface area contributed by atoms with E-state index in [-0.39, 0.29) is 0 Å². The average molecular weight is 323 g/mol. The number of aliphatic carboxylic acids is 1. The zero-order chi connectivity index (χ0) is 13.5. The first-order valence-corrected chi connectivity index (χ1v) is 6.71. The Morgan fingerprint density at radius 1 is 1.32 bits per heavy atom. The molecule has 1 heterocycles. The Morgan fingerprint density at radius 2 is 2.00 bits per heavy atom. The third kappa shape index (κ3) is 1.85. The molecular weight excluding hydrogens is 312 g/mol. The van der Waals surface area contributed by atoms with Gasteiger partial charge in [-0.3, -0.25) is 0 Å². The van der Waals surface area contributed by atoms with Crippen molar-refractivity contribution < 1.29 is 9.90 Å². The molecule has 2 aromatic rings. The topological polar surface area (TPSA) is 80.9 Å². The highest BCUT2D eigenvalue weighted by molar-refractivity contribution is 9.10. The van der Waals surface area contributed by atoms with Gasteiger partial charge in [0.1, 0.15) is 0 Å². The Balaban J connectivity index is 2.08. The molecular formula is C12H11BrN4O2. The number of rotatable bonds is 3. The van der Waals surface area contributed by atoms with E-state index >= 15 is 0 Å². The normalized spacial score (nSPS) is 16.9. The van der Waals surface area contributed by atoms with Crippen molar-refractivity contribution in [1.82, 2.24) is 20.2 Å². The molecule has 1 aromatic carbocycles. The maximum absolute atomic E-state index is 11.5. The van der Waals surface area contributed by atoms with E-state index in [1.54, 1.807) is 0 Å². The Bertz CT molecular complexity index is 619. The van der Waals surface area contributed by atoms with Crippen LogP contribution in [0.1, 0.15) is 19.3 Å². The Labute approximate surface area is 117 Å². The number of tetrazole rings is 1. The predicted molar refractivity (Wildman–Crippen MR) is 70.4 cm³/mol. The van der Waals surface area contributed by atoms with Crippen LogP contribution in [0.15, 0.2) is 28.7 Å². The fraction of sp³-hybridized carbons (Fsp3) is 0.333. The minimum Gasteiger partial charge on any atom is -0.479 e. The van der Waals surface area contributed by atoms with Gasteiger partial charge in [0.2, 0.25) is 0 Å². The maximum atomic E-state index is 11.5. The first kappa shape index (κ1) is 12.3. The number of carboxylic acid groups (broad SMARTS) is 1. The van der Waals surface area contributed by atoms with Gasteiger partial charge in [-0.05, 0) is 41.8 Å². The Morgan fingerprint density at radius 3 is 2.53 bits per heavy atom. The van der Waals surface area contributed by atoms with Gasteiger partial charge >= 0.3 is 5.97 Å². The van der Waals surface area contributed by atoms with Crippen molar-refractivity contribution in [2.24, 2.45) is 0 Å². The van der Waals surface area contributed by atoms with Crippen LogP contribution in [0.2, 0.25) is 0 Å². The first-order chi connectivity index (χ1) is 9.13. The van der Waals surface area contributed by atoms with Gasteiger partial charge in [0.05, 0.1) is 0 Å². The summed E-state index contributed by atoms with van der Waals surface area (Å²) in [6.07, 6.45) is 2.01. The number of aromatic nitrogens is 4. The van der Waals surface area contributed by atoms with Crippen LogP contribution in [0.4, 0.5) is 0 Å². The molecule has 0 bridgehead atoms. The minimum atomic E-state index is -0.980. The van der Waals surface area contributed by atoms with Crippen molar-refractivity contribution in [3.63, 3.8) is 0 Å². The van der Waals surface area contributed by atoms with E-state index in [9.17, 15) is 9.90 Å². The largest absolute Gasteiger partial charge is 0.479 e. The molecule has 19 heavy (non-hydrogen) atoms. The predicted octanol–water partition coefficient (Wildman–Crippen LogP) is 2.07. The molecule has 1 aliphatic carbocycles. The summed E-state index contributed by atoms with van der Waals surface area (Å²) in [6, 6.07) is 7.48. The number of hydrogen-bond acceptors (Lipinski definition) is 4. The molecule has 1 fully saturated rings. The van der Waals surface area contributed by atoms with Crippen molar-refractivity contribution in [3.05, 3.63) is 28.7 Å². The molecule has 1 aromatic heterocycles. The third-order valence-corrected chi connectivity index (χ3v) is 4.08. The second-order valence-electron chi connectivity index (χ2n) is 4.61. The van der Waals surface area contributed by atoms with Gasteiger partial charge in [-0.1, -0.05) is 28.1 Å². The number of carbonyl (C=O) groups is 1. The number of carboxylic acids is 1. The molecule has 0 radical (unpaired) electrons. The molecule has 0 atom stereocenters. The van der Waals surface area contributed by atoms with E-state index in [0.29, 0.717) is 18.7 Å². The van der Waals surface area contributed by atoms with Gasteiger partial charge in [-0.15, -0.1) is 5.10 Å². The molecule has 1 saturated carbocycles. The van der Waals surface area contributed by atoms with E-state index in [0.717, 1.165) is 16.5 Å². The van der Waals surface area contributed by atoms with Gasteiger partial charge in [0.15, 0.2) is 11.4 Å². The van der Waals surface area contributed by atoms with Crippen molar-refractivity contribution in [2.75, 3.05) is 0 Å². The second-order valence-corrected chi connectivity index (χ2v) is 5.53. The van der Waals surface area contributed by atoms with E-state index in [1.165, 1.54) is 4.68 Å². The number of hydrogen-bond donors (Lipinski definition) is 1. The van der Waals surface area contributed by atoms with Crippen LogP contribution >= 0.6 is 15.9 Å². The highest BCUT2D eigenvalue weighted by Crippen LogP contribution is 2.40. The first-order valence-electron chi connectivity index (χ1n) is 5.92. The van der Waals surface area contributed by atoms with Gasteiger partial charge in [-0.25, -0.2) is 9.48 Å². The van der Waals surface area contributed by atoms with Crippen molar-refractivity contribution >= 4 is 21.9 Å². The van der Waals surface area contributed by atoms with Crippen molar-refractivity contribution in [2.45, 2.75) is 24.8 Å². The van der Waals surface area contributed by atoms with Crippen LogP contribution < -0.4 is 0 Å². The zero-order valence-corrected chi connectivity index (χ0v) is 11.5. The van der Waals surface area contributed by atoms with Crippen LogP contribution in [0.5, 0.6) is 0 Å². The van der Waals surface area contributed by atoms with Crippen LogP contribution in [0.25, 0.3) is 11.4 Å². The molecule has 0 unspecified atom stereocenters. The summed E-state index contributed by atoms with van der Waals surface area (Å²) in [7, 11) is 0. The summed E-state index contributed by atoms with van der Waals surface area (Å²) in [5.74, 6) is -0.376. The average Bonchev–Trinajstić information content (AvgIpc) is 2.77. The van der Waals surface area contributed by atoms with Gasteiger partial charge < -0.3 is 5.11 Å². The van der Waals surface area contributed by atoms with Gasteiger partial charge in [0, 0.05) is 10.0 Å². The van der Waals surface area contributed by atoms with Gasteiger partial charge in [-0.2, -0.15) is 0 Å². The van der Waals surface area contributed by atoms with Gasteiger partial charge in [0.25, 0.3) is 0 Å². The highest BCUT2D eigenvalue weighted by atomic mass is 79.9. The standard InChI is InChI=1S/C12H11BrN4O2/c13-9-4-2-8(3-5-9)10-14-15-16-17(10)12(11(18)19)6-1-7-12/h2-5H,1,6-7H2,(H,18,19). The van der Waals surface area contributed by atoms with Crippen molar-refractivity contribution in [1.29, 1.82) is 0 Å². The lowest BCUT2D eigenvalue weighted by Gasteiger charge is -2.37. The number of nitrogens with zero attached hydrogens (tertiary/aromatic N) is 4. The minimum absolute atomic E-state index is 0.495. The summed E-state index contributed by atoms with van der Waals surface area (Å²) in [5.41, 5.74) is -0.174. The van der Waals surface area contributed by atoms with E-state index < -0.39 is 11.5 Å². The zero-order valence-electron chi connectivity index (χ0n) is 9.95. The lowest BCUT2D eigenvalue weighted by molar-refractivity contribution is -0.153. The van der Waals surface area contributed by atoms with Crippen LogP contribution in [0.3, 0.4) is 0 Å². The Kier molecular flexibility index (Phi) is 2.85. The Hall–Kier alpha value is -1.76. The fourth-order valence-electron chi connectivity index (χ4n) is 2.28. The second kappa shape index (κ2) is 4.41. The molecule has 6 nitrogen and oxygen atoms in total. The number of benzene rings is 1. The molecule has 7 heteroatoms. The molecule has 0 spiro atoms. The smallest absolute Gasteiger partial charge is 0.331 e. The molecule has 1 N–H and O–H groups in total. The molecule has 0 amide bonds. The summed E-state index contributed by atoms with van der Waals surface area (Å²) < 4.78 is 2.40. The SMILES string of the molecule is O=C(O)C1(n2nnnc2-c2ccc(Br)cc2)CCC1. The quantitative estimate of drug-likeness (QED) is 0.935. The van der Waals surface area contributed by atoms with Crippen molar-refractivity contribution in [3.8, 4) is 11.4 Å². The summed E-state index contributed by atoms with van der Waals surface area (Å²) in [5, 5.41) is 20.9.